The maximum atomic E-state index is 12.0. The summed E-state index contributed by atoms with van der Waals surface area (Å²) >= 11 is 1.63. The van der Waals surface area contributed by atoms with Crippen LogP contribution in [-0.4, -0.2) is 69.8 Å². The van der Waals surface area contributed by atoms with Gasteiger partial charge in [-0.05, 0) is 31.3 Å². The molecule has 10 heteroatoms. The molecule has 0 spiro atoms. The largest absolute Gasteiger partial charge is 0.481 e. The average Bonchev–Trinajstić information content (AvgIpc) is 2.49. The number of rotatable bonds is 15. The molecule has 144 valence electrons. The van der Waals surface area contributed by atoms with Crippen molar-refractivity contribution in [2.24, 2.45) is 0 Å². The van der Waals surface area contributed by atoms with Gasteiger partial charge in [-0.3, -0.25) is 19.2 Å². The Hall–Kier alpha value is -1.81. The molecule has 0 saturated heterocycles. The predicted octanol–water partition coefficient (Wildman–Crippen LogP) is 0.387. The minimum Gasteiger partial charge on any atom is -0.481 e. The Labute approximate surface area is 150 Å². The molecule has 2 atom stereocenters. The van der Waals surface area contributed by atoms with Crippen LogP contribution in [0, 0.1) is 0 Å². The first-order chi connectivity index (χ1) is 11.7. The molecule has 0 heterocycles. The fourth-order valence-corrected chi connectivity index (χ4v) is 2.67. The first-order valence-electron chi connectivity index (χ1n) is 7.91. The van der Waals surface area contributed by atoms with Gasteiger partial charge >= 0.3 is 17.9 Å². The van der Waals surface area contributed by atoms with Crippen LogP contribution in [0.3, 0.4) is 0 Å². The zero-order chi connectivity index (χ0) is 19.2. The van der Waals surface area contributed by atoms with Crippen molar-refractivity contribution in [2.45, 2.75) is 50.6 Å². The van der Waals surface area contributed by atoms with Gasteiger partial charge in [0.2, 0.25) is 5.91 Å². The number of hydrogen-bond acceptors (Lipinski definition) is 6. The molecule has 0 aliphatic rings. The first-order valence-corrected chi connectivity index (χ1v) is 9.31. The van der Waals surface area contributed by atoms with E-state index in [1.54, 1.807) is 11.8 Å². The lowest BCUT2D eigenvalue weighted by molar-refractivity contribution is -0.140. The molecular weight excluding hydrogens is 351 g/mol. The van der Waals surface area contributed by atoms with Crippen LogP contribution in [0.15, 0.2) is 0 Å². The Kier molecular flexibility index (Phi) is 12.5. The highest BCUT2D eigenvalue weighted by molar-refractivity contribution is 7.98. The van der Waals surface area contributed by atoms with Crippen LogP contribution in [0.5, 0.6) is 0 Å². The van der Waals surface area contributed by atoms with E-state index < -0.39 is 35.9 Å². The van der Waals surface area contributed by atoms with Crippen LogP contribution in [0.2, 0.25) is 0 Å². The van der Waals surface area contributed by atoms with E-state index in [0.29, 0.717) is 6.42 Å². The molecule has 0 aromatic rings. The molecule has 9 nitrogen and oxygen atoms in total. The lowest BCUT2D eigenvalue weighted by atomic mass is 10.1. The number of carbonyl (C=O) groups excluding carboxylic acids is 1. The Morgan fingerprint density at radius 1 is 0.920 bits per heavy atom. The van der Waals surface area contributed by atoms with Crippen molar-refractivity contribution in [3.63, 3.8) is 0 Å². The molecule has 0 aromatic heterocycles. The second-order valence-corrected chi connectivity index (χ2v) is 6.59. The summed E-state index contributed by atoms with van der Waals surface area (Å²) in [6, 6.07) is -1.13. The van der Waals surface area contributed by atoms with Crippen LogP contribution in [0.25, 0.3) is 0 Å². The van der Waals surface area contributed by atoms with Crippen molar-refractivity contribution < 1.29 is 34.5 Å². The van der Waals surface area contributed by atoms with Gasteiger partial charge in [0.25, 0.3) is 0 Å². The standard InChI is InChI=1S/C15H26N2O7S/c1-25-6-2-3-11(8-15(23)24)17-12(18)9-16-10(7-14(21)22)4-5-13(19)20/h10-11,16H,2-9H2,1H3,(H,17,18)(H,19,20)(H,21,22)(H,23,24)/t10-,11-/m0/s1/i1-1. The molecule has 0 aliphatic carbocycles. The van der Waals surface area contributed by atoms with Crippen molar-refractivity contribution in [3.8, 4) is 0 Å². The highest BCUT2D eigenvalue weighted by Gasteiger charge is 2.18. The summed E-state index contributed by atoms with van der Waals surface area (Å²) < 4.78 is 0. The third kappa shape index (κ3) is 14.3. The summed E-state index contributed by atoms with van der Waals surface area (Å²) in [5.74, 6) is -2.73. The van der Waals surface area contributed by atoms with Crippen molar-refractivity contribution in [1.82, 2.24) is 10.6 Å². The van der Waals surface area contributed by atoms with Gasteiger partial charge in [-0.15, -0.1) is 0 Å². The zero-order valence-electron chi connectivity index (χ0n) is 14.2. The molecule has 0 aromatic carbocycles. The van der Waals surface area contributed by atoms with Gasteiger partial charge in [-0.2, -0.15) is 11.8 Å². The Balaban J connectivity index is 4.44. The molecule has 25 heavy (non-hydrogen) atoms. The highest BCUT2D eigenvalue weighted by atomic mass is 32.2. The molecule has 0 radical (unpaired) electrons. The molecule has 0 rings (SSSR count). The average molecular weight is 377 g/mol. The molecular formula is C15H26N2O7S. The molecule has 5 N–H and O–H groups in total. The summed E-state index contributed by atoms with van der Waals surface area (Å²) in [5.41, 5.74) is 0. The fourth-order valence-electron chi connectivity index (χ4n) is 2.21. The predicted molar refractivity (Wildman–Crippen MR) is 92.7 cm³/mol. The Bertz CT molecular complexity index is 459. The topological polar surface area (TPSA) is 153 Å². The number of hydrogen-bond donors (Lipinski definition) is 5. The van der Waals surface area contributed by atoms with Gasteiger partial charge < -0.3 is 26.0 Å². The summed E-state index contributed by atoms with van der Waals surface area (Å²) in [5, 5.41) is 31.7. The number of nitrogens with one attached hydrogen (secondary N) is 2. The lowest BCUT2D eigenvalue weighted by Gasteiger charge is -2.19. The number of carbonyl (C=O) groups is 4. The van der Waals surface area contributed by atoms with Crippen LogP contribution in [0.1, 0.15) is 38.5 Å². The molecule has 0 unspecified atom stereocenters. The second kappa shape index (κ2) is 13.5. The monoisotopic (exact) mass is 377 g/mol. The second-order valence-electron chi connectivity index (χ2n) is 5.61. The normalized spacial score (nSPS) is 13.0. The Morgan fingerprint density at radius 2 is 1.52 bits per heavy atom. The molecule has 0 bridgehead atoms. The van der Waals surface area contributed by atoms with Crippen LogP contribution in [-0.2, 0) is 19.2 Å². The number of carboxylic acids is 3. The van der Waals surface area contributed by atoms with Gasteiger partial charge in [0, 0.05) is 18.5 Å². The molecule has 0 aliphatic heterocycles. The van der Waals surface area contributed by atoms with Crippen molar-refractivity contribution in [2.75, 3.05) is 18.6 Å². The lowest BCUT2D eigenvalue weighted by Crippen LogP contribution is -2.44. The third-order valence-corrected chi connectivity index (χ3v) is 4.06. The van der Waals surface area contributed by atoms with E-state index in [2.05, 4.69) is 10.6 Å². The zero-order valence-corrected chi connectivity index (χ0v) is 15.0. The van der Waals surface area contributed by atoms with Crippen LogP contribution in [0.4, 0.5) is 0 Å². The van der Waals surface area contributed by atoms with Gasteiger partial charge in [-0.25, -0.2) is 0 Å². The van der Waals surface area contributed by atoms with Crippen molar-refractivity contribution in [1.29, 1.82) is 0 Å². The smallest absolute Gasteiger partial charge is 0.305 e. The van der Waals surface area contributed by atoms with E-state index in [1.807, 2.05) is 6.26 Å². The molecule has 1 amide bonds. The molecule has 0 saturated carbocycles. The van der Waals surface area contributed by atoms with Crippen molar-refractivity contribution >= 4 is 35.6 Å². The maximum absolute atomic E-state index is 12.0. The summed E-state index contributed by atoms with van der Waals surface area (Å²) in [6.07, 6.45) is 2.65. The van der Waals surface area contributed by atoms with Gasteiger partial charge in [-0.1, -0.05) is 0 Å². The van der Waals surface area contributed by atoms with Crippen molar-refractivity contribution in [3.05, 3.63) is 0 Å². The minimum atomic E-state index is -1.09. The maximum Gasteiger partial charge on any atom is 0.305 e. The fraction of sp³-hybridized carbons (Fsp3) is 0.733. The summed E-state index contributed by atoms with van der Waals surface area (Å²) in [6.45, 7) is -0.198. The first kappa shape index (κ1) is 23.2. The van der Waals surface area contributed by atoms with E-state index in [4.69, 9.17) is 15.3 Å². The highest BCUT2D eigenvalue weighted by Crippen LogP contribution is 2.07. The number of amides is 1. The van der Waals surface area contributed by atoms with E-state index >= 15 is 0 Å². The minimum absolute atomic E-state index is 0.0845. The summed E-state index contributed by atoms with van der Waals surface area (Å²) in [4.78, 5) is 44.2. The van der Waals surface area contributed by atoms with E-state index in [0.717, 1.165) is 12.2 Å². The summed E-state index contributed by atoms with van der Waals surface area (Å²) in [7, 11) is 0. The van der Waals surface area contributed by atoms with E-state index in [1.165, 1.54) is 0 Å². The van der Waals surface area contributed by atoms with Gasteiger partial charge in [0.05, 0.1) is 19.4 Å². The van der Waals surface area contributed by atoms with E-state index in [9.17, 15) is 19.2 Å². The van der Waals surface area contributed by atoms with Crippen LogP contribution >= 0.6 is 11.8 Å². The third-order valence-electron chi connectivity index (χ3n) is 3.37. The SMILES string of the molecule is [11CH3]SCCC[C@@H](CC(=O)O)NC(=O)CN[C@@H](CCC(=O)O)CC(=O)O. The number of carboxylic acid groups (broad SMARTS) is 3. The quantitative estimate of drug-likeness (QED) is 0.255. The Morgan fingerprint density at radius 3 is 2.04 bits per heavy atom. The number of thioether (sulfide) groups is 1. The molecule has 0 fully saturated rings. The van der Waals surface area contributed by atoms with Gasteiger partial charge in [0.1, 0.15) is 0 Å². The van der Waals surface area contributed by atoms with Crippen LogP contribution < -0.4 is 10.6 Å². The van der Waals surface area contributed by atoms with E-state index in [-0.39, 0.29) is 32.2 Å². The number of aliphatic carboxylic acids is 3. The van der Waals surface area contributed by atoms with Gasteiger partial charge in [0.15, 0.2) is 0 Å².